The van der Waals surface area contributed by atoms with Crippen molar-refractivity contribution in [3.8, 4) is 0 Å². The molecule has 0 unspecified atom stereocenters. The molecule has 1 saturated heterocycles. The molecule has 0 aromatic heterocycles. The van der Waals surface area contributed by atoms with Crippen molar-refractivity contribution >= 4 is 6.29 Å². The smallest absolute Gasteiger partial charge is 0.123 e. The van der Waals surface area contributed by atoms with Crippen molar-refractivity contribution in [1.29, 1.82) is 0 Å². The fourth-order valence-electron chi connectivity index (χ4n) is 1.16. The molecule has 0 saturated carbocycles. The third kappa shape index (κ3) is 5.27. The molecule has 3 nitrogen and oxygen atoms in total. The Hall–Kier alpha value is -0.410. The minimum Gasteiger partial charge on any atom is -0.388 e. The lowest BCUT2D eigenvalue weighted by Crippen LogP contribution is -2.30. The molecular weight excluding hydrogens is 154 g/mol. The predicted octanol–water partition coefficient (Wildman–Crippen LogP) is 0.790. The highest BCUT2D eigenvalue weighted by atomic mass is 16.4. The van der Waals surface area contributed by atoms with Gasteiger partial charge in [0.25, 0.3) is 0 Å². The molecule has 0 atom stereocenters. The number of nitrogens with zero attached hydrogens (tertiary/aromatic N) is 1. The van der Waals surface area contributed by atoms with Crippen LogP contribution in [0.2, 0.25) is 0 Å². The van der Waals surface area contributed by atoms with Crippen molar-refractivity contribution in [3.63, 3.8) is 0 Å². The Morgan fingerprint density at radius 3 is 2.08 bits per heavy atom. The van der Waals surface area contributed by atoms with E-state index in [0.29, 0.717) is 5.92 Å². The maximum absolute atomic E-state index is 10.2. The highest BCUT2D eigenvalue weighted by Gasteiger charge is 2.14. The maximum Gasteiger partial charge on any atom is 0.123 e. The first kappa shape index (κ1) is 11.6. The molecule has 1 rings (SSSR count). The van der Waals surface area contributed by atoms with Crippen molar-refractivity contribution < 1.29 is 9.53 Å². The van der Waals surface area contributed by atoms with Crippen LogP contribution in [0.25, 0.3) is 0 Å². The van der Waals surface area contributed by atoms with Gasteiger partial charge in [-0.25, -0.2) is 0 Å². The van der Waals surface area contributed by atoms with E-state index in [-0.39, 0.29) is 0 Å². The summed E-state index contributed by atoms with van der Waals surface area (Å²) >= 11 is 0. The third-order valence-corrected chi connectivity index (χ3v) is 1.96. The van der Waals surface area contributed by atoms with Gasteiger partial charge in [0.15, 0.2) is 0 Å². The number of methoxy groups -OCH3 is 1. The van der Waals surface area contributed by atoms with E-state index in [4.69, 9.17) is 0 Å². The van der Waals surface area contributed by atoms with Gasteiger partial charge in [0, 0.05) is 20.1 Å². The molecule has 1 heterocycles. The number of likely N-dealkylation sites (tertiary alicyclic amines) is 1. The second-order valence-electron chi connectivity index (χ2n) is 3.19. The average molecular weight is 173 g/mol. The molecule has 0 N–H and O–H groups in total. The molecule has 1 aliphatic heterocycles. The van der Waals surface area contributed by atoms with E-state index in [1.807, 2.05) is 0 Å². The fourth-order valence-corrected chi connectivity index (χ4v) is 1.16. The summed E-state index contributed by atoms with van der Waals surface area (Å²) in [6, 6.07) is 0. The van der Waals surface area contributed by atoms with Gasteiger partial charge in [0.1, 0.15) is 6.29 Å². The van der Waals surface area contributed by atoms with Crippen molar-refractivity contribution in [2.75, 3.05) is 34.4 Å². The van der Waals surface area contributed by atoms with Gasteiger partial charge in [-0.2, -0.15) is 0 Å². The zero-order valence-electron chi connectivity index (χ0n) is 8.25. The summed E-state index contributed by atoms with van der Waals surface area (Å²) in [5.74, 6) is 0.348. The molecule has 0 spiro atoms. The zero-order chi connectivity index (χ0) is 9.40. The summed E-state index contributed by atoms with van der Waals surface area (Å²) in [5, 5.41) is 0. The normalized spacial score (nSPS) is 19.6. The van der Waals surface area contributed by atoms with Gasteiger partial charge < -0.3 is 14.4 Å². The Bertz CT molecular complexity index is 109. The number of hydrogen-bond acceptors (Lipinski definition) is 3. The van der Waals surface area contributed by atoms with Gasteiger partial charge in [-0.3, -0.25) is 0 Å². The Kier molecular flexibility index (Phi) is 7.00. The first-order valence-electron chi connectivity index (χ1n) is 4.28. The zero-order valence-corrected chi connectivity index (χ0v) is 8.25. The number of aldehydes is 1. The Morgan fingerprint density at radius 1 is 1.33 bits per heavy atom. The SMILES string of the molecule is CN1CCC(C=O)CC1.COC. The van der Waals surface area contributed by atoms with E-state index in [1.54, 1.807) is 14.2 Å². The standard InChI is InChI=1S/C7H13NO.C2H6O/c1-8-4-2-7(6-9)3-5-8;1-3-2/h6-7H,2-5H2,1H3;1-2H3. The van der Waals surface area contributed by atoms with Crippen molar-refractivity contribution in [2.45, 2.75) is 12.8 Å². The van der Waals surface area contributed by atoms with E-state index in [9.17, 15) is 4.79 Å². The summed E-state index contributed by atoms with van der Waals surface area (Å²) < 4.78 is 4.25. The molecular formula is C9H19NO2. The number of piperidine rings is 1. The first-order valence-corrected chi connectivity index (χ1v) is 4.28. The molecule has 1 aliphatic rings. The van der Waals surface area contributed by atoms with Crippen LogP contribution in [0.3, 0.4) is 0 Å². The molecule has 0 bridgehead atoms. The average Bonchev–Trinajstić information content (AvgIpc) is 2.07. The minimum absolute atomic E-state index is 0.348. The largest absolute Gasteiger partial charge is 0.388 e. The van der Waals surface area contributed by atoms with E-state index in [1.165, 1.54) is 0 Å². The molecule has 72 valence electrons. The molecule has 12 heavy (non-hydrogen) atoms. The van der Waals surface area contributed by atoms with Gasteiger partial charge in [0.2, 0.25) is 0 Å². The minimum atomic E-state index is 0.348. The van der Waals surface area contributed by atoms with Gasteiger partial charge in [-0.05, 0) is 33.0 Å². The summed E-state index contributed by atoms with van der Waals surface area (Å²) in [6.07, 6.45) is 3.20. The first-order chi connectivity index (χ1) is 5.74. The number of carbonyl (C=O) groups excluding carboxylic acids is 1. The van der Waals surface area contributed by atoms with Crippen LogP contribution in [0, 0.1) is 5.92 Å². The van der Waals surface area contributed by atoms with E-state index in [2.05, 4.69) is 16.7 Å². The highest BCUT2D eigenvalue weighted by Crippen LogP contribution is 2.12. The highest BCUT2D eigenvalue weighted by molar-refractivity contribution is 5.53. The van der Waals surface area contributed by atoms with Gasteiger partial charge in [-0.1, -0.05) is 0 Å². The van der Waals surface area contributed by atoms with Crippen LogP contribution in [0.5, 0.6) is 0 Å². The quantitative estimate of drug-likeness (QED) is 0.549. The molecule has 0 amide bonds. The summed E-state index contributed by atoms with van der Waals surface area (Å²) in [5.41, 5.74) is 0. The number of hydrogen-bond donors (Lipinski definition) is 0. The van der Waals surface area contributed by atoms with Crippen LogP contribution >= 0.6 is 0 Å². The fraction of sp³-hybridized carbons (Fsp3) is 0.889. The number of rotatable bonds is 1. The summed E-state index contributed by atoms with van der Waals surface area (Å²) in [7, 11) is 5.35. The van der Waals surface area contributed by atoms with Gasteiger partial charge in [0.05, 0.1) is 0 Å². The van der Waals surface area contributed by atoms with Crippen molar-refractivity contribution in [3.05, 3.63) is 0 Å². The van der Waals surface area contributed by atoms with Crippen molar-refractivity contribution in [2.24, 2.45) is 5.92 Å². The summed E-state index contributed by atoms with van der Waals surface area (Å²) in [4.78, 5) is 12.5. The molecule has 0 aromatic carbocycles. The van der Waals surface area contributed by atoms with E-state index < -0.39 is 0 Å². The van der Waals surface area contributed by atoms with Gasteiger partial charge >= 0.3 is 0 Å². The molecule has 3 heteroatoms. The third-order valence-electron chi connectivity index (χ3n) is 1.96. The topological polar surface area (TPSA) is 29.5 Å². The number of carbonyl (C=O) groups is 1. The van der Waals surface area contributed by atoms with Crippen LogP contribution in [-0.4, -0.2) is 45.5 Å². The van der Waals surface area contributed by atoms with Crippen LogP contribution in [-0.2, 0) is 9.53 Å². The van der Waals surface area contributed by atoms with E-state index >= 15 is 0 Å². The molecule has 0 aliphatic carbocycles. The van der Waals surface area contributed by atoms with Crippen LogP contribution in [0.1, 0.15) is 12.8 Å². The van der Waals surface area contributed by atoms with Gasteiger partial charge in [-0.15, -0.1) is 0 Å². The Morgan fingerprint density at radius 2 is 1.75 bits per heavy atom. The maximum atomic E-state index is 10.2. The molecule has 0 aromatic rings. The Balaban J connectivity index is 0.000000354. The molecule has 0 radical (unpaired) electrons. The summed E-state index contributed by atoms with van der Waals surface area (Å²) in [6.45, 7) is 2.17. The van der Waals surface area contributed by atoms with Crippen LogP contribution in [0.4, 0.5) is 0 Å². The van der Waals surface area contributed by atoms with Crippen molar-refractivity contribution in [1.82, 2.24) is 4.90 Å². The lowest BCUT2D eigenvalue weighted by atomic mass is 9.99. The number of ether oxygens (including phenoxy) is 1. The Labute approximate surface area is 74.7 Å². The van der Waals surface area contributed by atoms with Crippen LogP contribution < -0.4 is 0 Å². The monoisotopic (exact) mass is 173 g/mol. The second kappa shape index (κ2) is 7.25. The molecule has 1 fully saturated rings. The predicted molar refractivity (Wildman–Crippen MR) is 49.2 cm³/mol. The van der Waals surface area contributed by atoms with Crippen LogP contribution in [0.15, 0.2) is 0 Å². The van der Waals surface area contributed by atoms with E-state index in [0.717, 1.165) is 32.2 Å². The second-order valence-corrected chi connectivity index (χ2v) is 3.19. The lowest BCUT2D eigenvalue weighted by Gasteiger charge is -2.25. The lowest BCUT2D eigenvalue weighted by molar-refractivity contribution is -0.112.